The van der Waals surface area contributed by atoms with Crippen molar-refractivity contribution in [1.82, 2.24) is 13.6 Å². The van der Waals surface area contributed by atoms with Crippen LogP contribution in [-0.2, 0) is 16.8 Å². The number of hydrogen-bond donors (Lipinski definition) is 1. The zero-order valence-corrected chi connectivity index (χ0v) is 11.3. The van der Waals surface area contributed by atoms with E-state index in [1.54, 1.807) is 26.4 Å². The minimum absolute atomic E-state index is 0.282. The van der Waals surface area contributed by atoms with Gasteiger partial charge in [0.1, 0.15) is 5.82 Å². The van der Waals surface area contributed by atoms with Crippen LogP contribution in [0.3, 0.4) is 0 Å². The van der Waals surface area contributed by atoms with Crippen molar-refractivity contribution in [2.75, 3.05) is 33.5 Å². The largest absolute Gasteiger partial charge is 0.373 e. The van der Waals surface area contributed by atoms with Gasteiger partial charge in [0.15, 0.2) is 0 Å². The van der Waals surface area contributed by atoms with Crippen LogP contribution in [0.4, 0.5) is 5.82 Å². The van der Waals surface area contributed by atoms with E-state index >= 15 is 0 Å². The van der Waals surface area contributed by atoms with Crippen molar-refractivity contribution in [2.45, 2.75) is 6.54 Å². The average molecular weight is 258 g/mol. The molecule has 1 rings (SSSR count). The highest BCUT2D eigenvalue weighted by molar-refractivity contribution is 7.86. The number of nitrogens with zero attached hydrogens (tertiary/aromatic N) is 3. The van der Waals surface area contributed by atoms with E-state index in [0.717, 1.165) is 5.56 Å². The number of hydrogen-bond acceptors (Lipinski definition) is 4. The number of aromatic nitrogens is 1. The average Bonchev–Trinajstić information content (AvgIpc) is 2.29. The minimum Gasteiger partial charge on any atom is -0.373 e. The lowest BCUT2D eigenvalue weighted by Crippen LogP contribution is -2.37. The van der Waals surface area contributed by atoms with E-state index < -0.39 is 10.2 Å². The van der Waals surface area contributed by atoms with E-state index in [1.165, 1.54) is 22.7 Å². The van der Waals surface area contributed by atoms with E-state index in [9.17, 15) is 8.42 Å². The smallest absolute Gasteiger partial charge is 0.281 e. The molecule has 0 amide bonds. The summed E-state index contributed by atoms with van der Waals surface area (Å²) >= 11 is 0. The standard InChI is InChI=1S/C10H18N4O2S/c1-11-10-9(6-5-7-12-10)8-14(4)17(15,16)13(2)3/h5-7H,8H2,1-4H3,(H,11,12). The minimum atomic E-state index is -3.39. The zero-order valence-electron chi connectivity index (χ0n) is 10.5. The van der Waals surface area contributed by atoms with E-state index in [2.05, 4.69) is 10.3 Å². The van der Waals surface area contributed by atoms with Crippen molar-refractivity contribution in [3.63, 3.8) is 0 Å². The molecule has 0 bridgehead atoms. The normalized spacial score (nSPS) is 12.1. The molecule has 0 radical (unpaired) electrons. The predicted octanol–water partition coefficient (Wildman–Crippen LogP) is 0.361. The second-order valence-electron chi connectivity index (χ2n) is 3.81. The number of rotatable bonds is 5. The van der Waals surface area contributed by atoms with Gasteiger partial charge < -0.3 is 5.32 Å². The van der Waals surface area contributed by atoms with Crippen molar-refractivity contribution in [1.29, 1.82) is 0 Å². The summed E-state index contributed by atoms with van der Waals surface area (Å²) in [6.07, 6.45) is 1.66. The molecular formula is C10H18N4O2S. The first-order valence-electron chi connectivity index (χ1n) is 5.15. The number of pyridine rings is 1. The summed E-state index contributed by atoms with van der Waals surface area (Å²) in [7, 11) is 2.93. The Bertz CT molecular complexity index is 473. The van der Waals surface area contributed by atoms with Crippen molar-refractivity contribution < 1.29 is 8.42 Å². The molecule has 7 heteroatoms. The Kier molecular flexibility index (Phi) is 4.44. The summed E-state index contributed by atoms with van der Waals surface area (Å²) in [6.45, 7) is 0.282. The van der Waals surface area contributed by atoms with Gasteiger partial charge in [0, 0.05) is 46.5 Å². The van der Waals surface area contributed by atoms with Crippen LogP contribution in [0, 0.1) is 0 Å². The molecule has 0 unspecified atom stereocenters. The van der Waals surface area contributed by atoms with Gasteiger partial charge in [0.25, 0.3) is 10.2 Å². The quantitative estimate of drug-likeness (QED) is 0.828. The summed E-state index contributed by atoms with van der Waals surface area (Å²) in [4.78, 5) is 4.13. The molecule has 0 aliphatic carbocycles. The Hall–Kier alpha value is -1.18. The van der Waals surface area contributed by atoms with Gasteiger partial charge >= 0.3 is 0 Å². The topological polar surface area (TPSA) is 65.5 Å². The fraction of sp³-hybridized carbons (Fsp3) is 0.500. The van der Waals surface area contributed by atoms with Crippen molar-refractivity contribution in [3.05, 3.63) is 23.9 Å². The molecule has 6 nitrogen and oxygen atoms in total. The number of nitrogens with one attached hydrogen (secondary N) is 1. The summed E-state index contributed by atoms with van der Waals surface area (Å²) < 4.78 is 26.2. The second kappa shape index (κ2) is 5.44. The predicted molar refractivity (Wildman–Crippen MR) is 67.9 cm³/mol. The van der Waals surface area contributed by atoms with E-state index in [4.69, 9.17) is 0 Å². The highest BCUT2D eigenvalue weighted by atomic mass is 32.2. The maximum atomic E-state index is 11.8. The molecule has 1 aromatic heterocycles. The maximum Gasteiger partial charge on any atom is 0.281 e. The molecular weight excluding hydrogens is 240 g/mol. The Morgan fingerprint density at radius 1 is 1.35 bits per heavy atom. The van der Waals surface area contributed by atoms with Gasteiger partial charge in [-0.2, -0.15) is 17.0 Å². The fourth-order valence-electron chi connectivity index (χ4n) is 1.39. The molecule has 0 aliphatic rings. The van der Waals surface area contributed by atoms with Crippen LogP contribution in [0.2, 0.25) is 0 Å². The van der Waals surface area contributed by atoms with Crippen LogP contribution in [0.5, 0.6) is 0 Å². The van der Waals surface area contributed by atoms with Crippen LogP contribution in [0.25, 0.3) is 0 Å². The third-order valence-corrected chi connectivity index (χ3v) is 4.22. The molecule has 0 spiro atoms. The molecule has 1 N–H and O–H groups in total. The lowest BCUT2D eigenvalue weighted by Gasteiger charge is -2.22. The van der Waals surface area contributed by atoms with E-state index in [-0.39, 0.29) is 6.54 Å². The van der Waals surface area contributed by atoms with Gasteiger partial charge in [-0.25, -0.2) is 4.98 Å². The molecule has 0 atom stereocenters. The third kappa shape index (κ3) is 3.15. The Morgan fingerprint density at radius 3 is 2.53 bits per heavy atom. The Labute approximate surface area is 102 Å². The SMILES string of the molecule is CNc1ncccc1CN(C)S(=O)(=O)N(C)C. The lowest BCUT2D eigenvalue weighted by molar-refractivity contribution is 0.414. The molecule has 0 aliphatic heterocycles. The molecule has 17 heavy (non-hydrogen) atoms. The number of anilines is 1. The molecule has 1 aromatic rings. The monoisotopic (exact) mass is 258 g/mol. The molecule has 1 heterocycles. The van der Waals surface area contributed by atoms with Crippen LogP contribution in [0.15, 0.2) is 18.3 Å². The highest BCUT2D eigenvalue weighted by Crippen LogP contribution is 2.15. The first-order chi connectivity index (χ1) is 7.89. The summed E-state index contributed by atoms with van der Waals surface area (Å²) in [5.41, 5.74) is 0.836. The summed E-state index contributed by atoms with van der Waals surface area (Å²) in [5.74, 6) is 0.688. The van der Waals surface area contributed by atoms with Gasteiger partial charge in [-0.1, -0.05) is 6.07 Å². The zero-order chi connectivity index (χ0) is 13.1. The molecule has 0 aromatic carbocycles. The maximum absolute atomic E-state index is 11.8. The van der Waals surface area contributed by atoms with Gasteiger partial charge in [0.05, 0.1) is 0 Å². The molecule has 0 saturated heterocycles. The second-order valence-corrected chi connectivity index (χ2v) is 6.06. The Morgan fingerprint density at radius 2 is 2.00 bits per heavy atom. The third-order valence-electron chi connectivity index (χ3n) is 2.38. The van der Waals surface area contributed by atoms with Crippen molar-refractivity contribution >= 4 is 16.0 Å². The van der Waals surface area contributed by atoms with Gasteiger partial charge in [-0.3, -0.25) is 0 Å². The lowest BCUT2D eigenvalue weighted by atomic mass is 10.2. The van der Waals surface area contributed by atoms with Crippen LogP contribution < -0.4 is 5.32 Å². The van der Waals surface area contributed by atoms with Gasteiger partial charge in [-0.05, 0) is 6.07 Å². The van der Waals surface area contributed by atoms with E-state index in [0.29, 0.717) is 5.82 Å². The molecule has 0 saturated carbocycles. The molecule has 96 valence electrons. The fourth-order valence-corrected chi connectivity index (χ4v) is 2.25. The van der Waals surface area contributed by atoms with Crippen molar-refractivity contribution in [3.8, 4) is 0 Å². The summed E-state index contributed by atoms with van der Waals surface area (Å²) in [6, 6.07) is 3.63. The van der Waals surface area contributed by atoms with Crippen LogP contribution >= 0.6 is 0 Å². The first-order valence-corrected chi connectivity index (χ1v) is 6.54. The van der Waals surface area contributed by atoms with Crippen LogP contribution in [-0.4, -0.2) is 50.2 Å². The van der Waals surface area contributed by atoms with Gasteiger partial charge in [-0.15, -0.1) is 0 Å². The Balaban J connectivity index is 2.92. The highest BCUT2D eigenvalue weighted by Gasteiger charge is 2.21. The van der Waals surface area contributed by atoms with Crippen molar-refractivity contribution in [2.24, 2.45) is 0 Å². The van der Waals surface area contributed by atoms with Gasteiger partial charge in [0.2, 0.25) is 0 Å². The van der Waals surface area contributed by atoms with E-state index in [1.807, 2.05) is 6.07 Å². The first kappa shape index (κ1) is 13.9. The van der Waals surface area contributed by atoms with Crippen LogP contribution in [0.1, 0.15) is 5.56 Å². The molecule has 0 fully saturated rings. The summed E-state index contributed by atoms with van der Waals surface area (Å²) in [5, 5.41) is 2.94.